The molecule has 0 heterocycles. The zero-order chi connectivity index (χ0) is 13.9. The number of carbonyl (C=O) groups is 1. The standard InChI is InChI=1S/C13H26N2OS/c1-9(8-12(2,3)4)7-10(16)15-13(5,6)11(14)17/h9H,7-8H2,1-6H3,(H2,14,17)(H,15,16). The van der Waals surface area contributed by atoms with Gasteiger partial charge in [0.05, 0.1) is 10.5 Å². The third-order valence-corrected chi connectivity index (χ3v) is 3.07. The molecule has 0 fully saturated rings. The fraction of sp³-hybridized carbons (Fsp3) is 0.846. The van der Waals surface area contributed by atoms with Gasteiger partial charge in [0.1, 0.15) is 0 Å². The summed E-state index contributed by atoms with van der Waals surface area (Å²) in [5.41, 5.74) is 5.21. The fourth-order valence-electron chi connectivity index (χ4n) is 1.90. The molecule has 0 bridgehead atoms. The highest BCUT2D eigenvalue weighted by molar-refractivity contribution is 7.80. The van der Waals surface area contributed by atoms with E-state index in [2.05, 4.69) is 33.0 Å². The fourth-order valence-corrected chi connectivity index (χ4v) is 1.95. The number of rotatable bonds is 5. The Labute approximate surface area is 111 Å². The molecule has 0 aromatic rings. The molecule has 100 valence electrons. The predicted octanol–water partition coefficient (Wildman–Crippen LogP) is 2.63. The van der Waals surface area contributed by atoms with Crippen LogP contribution in [0.2, 0.25) is 0 Å². The Hall–Kier alpha value is -0.640. The summed E-state index contributed by atoms with van der Waals surface area (Å²) >= 11 is 4.91. The molecule has 0 radical (unpaired) electrons. The maximum atomic E-state index is 11.8. The van der Waals surface area contributed by atoms with Crippen molar-refractivity contribution in [3.8, 4) is 0 Å². The third kappa shape index (κ3) is 7.31. The average Bonchev–Trinajstić information content (AvgIpc) is 1.96. The summed E-state index contributed by atoms with van der Waals surface area (Å²) in [6.45, 7) is 12.3. The Kier molecular flexibility index (Phi) is 5.59. The van der Waals surface area contributed by atoms with Gasteiger partial charge in [-0.25, -0.2) is 0 Å². The van der Waals surface area contributed by atoms with Gasteiger partial charge in [0, 0.05) is 6.42 Å². The molecule has 1 atom stereocenters. The van der Waals surface area contributed by atoms with E-state index in [0.717, 1.165) is 6.42 Å². The zero-order valence-electron chi connectivity index (χ0n) is 11.9. The van der Waals surface area contributed by atoms with E-state index in [0.29, 0.717) is 17.3 Å². The molecule has 0 aliphatic carbocycles. The van der Waals surface area contributed by atoms with Crippen LogP contribution in [0.3, 0.4) is 0 Å². The molecule has 0 spiro atoms. The van der Waals surface area contributed by atoms with Crippen molar-refractivity contribution in [1.82, 2.24) is 5.32 Å². The van der Waals surface area contributed by atoms with Gasteiger partial charge < -0.3 is 11.1 Å². The van der Waals surface area contributed by atoms with Crippen molar-refractivity contribution in [2.24, 2.45) is 17.1 Å². The van der Waals surface area contributed by atoms with Gasteiger partial charge in [-0.05, 0) is 31.6 Å². The summed E-state index contributed by atoms with van der Waals surface area (Å²) in [6.07, 6.45) is 1.54. The second kappa shape index (κ2) is 5.80. The molecule has 3 nitrogen and oxygen atoms in total. The molecule has 0 rings (SSSR count). The van der Waals surface area contributed by atoms with Crippen molar-refractivity contribution in [2.45, 2.75) is 59.9 Å². The number of hydrogen-bond donors (Lipinski definition) is 2. The van der Waals surface area contributed by atoms with Crippen LogP contribution in [0.25, 0.3) is 0 Å². The minimum Gasteiger partial charge on any atom is -0.391 e. The highest BCUT2D eigenvalue weighted by Gasteiger charge is 2.25. The van der Waals surface area contributed by atoms with Crippen LogP contribution >= 0.6 is 12.2 Å². The van der Waals surface area contributed by atoms with Crippen LogP contribution in [0.4, 0.5) is 0 Å². The van der Waals surface area contributed by atoms with E-state index < -0.39 is 5.54 Å². The molecule has 0 aromatic carbocycles. The lowest BCUT2D eigenvalue weighted by atomic mass is 9.84. The lowest BCUT2D eigenvalue weighted by molar-refractivity contribution is -0.123. The summed E-state index contributed by atoms with van der Waals surface area (Å²) in [5, 5.41) is 2.87. The Balaban J connectivity index is 4.24. The first kappa shape index (κ1) is 16.4. The number of nitrogens with two attached hydrogens (primary N) is 1. The van der Waals surface area contributed by atoms with Gasteiger partial charge in [0.15, 0.2) is 0 Å². The molecule has 0 aliphatic rings. The van der Waals surface area contributed by atoms with Crippen LogP contribution in [0.15, 0.2) is 0 Å². The Morgan fingerprint density at radius 3 is 2.12 bits per heavy atom. The molecular weight excluding hydrogens is 232 g/mol. The van der Waals surface area contributed by atoms with Gasteiger partial charge in [0.25, 0.3) is 0 Å². The lowest BCUT2D eigenvalue weighted by Gasteiger charge is -2.27. The number of amides is 1. The number of hydrogen-bond acceptors (Lipinski definition) is 2. The quantitative estimate of drug-likeness (QED) is 0.745. The van der Waals surface area contributed by atoms with Crippen LogP contribution in [-0.2, 0) is 4.79 Å². The highest BCUT2D eigenvalue weighted by Crippen LogP contribution is 2.25. The van der Waals surface area contributed by atoms with Crippen molar-refractivity contribution in [2.75, 3.05) is 0 Å². The van der Waals surface area contributed by atoms with Crippen molar-refractivity contribution in [1.29, 1.82) is 0 Å². The van der Waals surface area contributed by atoms with Crippen molar-refractivity contribution < 1.29 is 4.79 Å². The largest absolute Gasteiger partial charge is 0.391 e. The van der Waals surface area contributed by atoms with E-state index in [1.165, 1.54) is 0 Å². The first-order chi connectivity index (χ1) is 7.44. The second-order valence-electron chi connectivity index (χ2n) is 6.61. The SMILES string of the molecule is CC(CC(=O)NC(C)(C)C(N)=S)CC(C)(C)C. The first-order valence-corrected chi connectivity index (χ1v) is 6.46. The smallest absolute Gasteiger partial charge is 0.221 e. The van der Waals surface area contributed by atoms with E-state index in [1.54, 1.807) is 0 Å². The third-order valence-electron chi connectivity index (χ3n) is 2.56. The number of thiocarbonyl (C=S) groups is 1. The van der Waals surface area contributed by atoms with E-state index in [1.807, 2.05) is 13.8 Å². The molecule has 0 aliphatic heterocycles. The van der Waals surface area contributed by atoms with Crippen molar-refractivity contribution in [3.63, 3.8) is 0 Å². The van der Waals surface area contributed by atoms with Gasteiger partial charge in [-0.2, -0.15) is 0 Å². The topological polar surface area (TPSA) is 55.1 Å². The Morgan fingerprint density at radius 2 is 1.76 bits per heavy atom. The van der Waals surface area contributed by atoms with Crippen LogP contribution in [0.5, 0.6) is 0 Å². The van der Waals surface area contributed by atoms with Crippen LogP contribution in [-0.4, -0.2) is 16.4 Å². The van der Waals surface area contributed by atoms with Crippen LogP contribution < -0.4 is 11.1 Å². The molecule has 17 heavy (non-hydrogen) atoms. The number of nitrogens with one attached hydrogen (secondary N) is 1. The summed E-state index contributed by atoms with van der Waals surface area (Å²) in [4.78, 5) is 12.1. The lowest BCUT2D eigenvalue weighted by Crippen LogP contribution is -2.52. The van der Waals surface area contributed by atoms with Gasteiger partial charge in [-0.1, -0.05) is 39.9 Å². The molecule has 4 heteroatoms. The van der Waals surface area contributed by atoms with E-state index >= 15 is 0 Å². The summed E-state index contributed by atoms with van der Waals surface area (Å²) < 4.78 is 0. The van der Waals surface area contributed by atoms with Crippen molar-refractivity contribution >= 4 is 23.1 Å². The van der Waals surface area contributed by atoms with Gasteiger partial charge in [-0.15, -0.1) is 0 Å². The predicted molar refractivity (Wildman–Crippen MR) is 76.9 cm³/mol. The minimum atomic E-state index is -0.603. The Bertz CT molecular complexity index is 292. The minimum absolute atomic E-state index is 0.0135. The first-order valence-electron chi connectivity index (χ1n) is 6.05. The van der Waals surface area contributed by atoms with Crippen LogP contribution in [0.1, 0.15) is 54.4 Å². The maximum Gasteiger partial charge on any atom is 0.221 e. The van der Waals surface area contributed by atoms with E-state index in [4.69, 9.17) is 18.0 Å². The van der Waals surface area contributed by atoms with Gasteiger partial charge in [-0.3, -0.25) is 4.79 Å². The average molecular weight is 258 g/mol. The molecule has 0 saturated heterocycles. The molecule has 1 amide bonds. The molecule has 3 N–H and O–H groups in total. The second-order valence-corrected chi connectivity index (χ2v) is 7.05. The maximum absolute atomic E-state index is 11.8. The molecule has 0 saturated carbocycles. The molecule has 1 unspecified atom stereocenters. The van der Waals surface area contributed by atoms with Crippen LogP contribution in [0, 0.1) is 11.3 Å². The van der Waals surface area contributed by atoms with E-state index in [9.17, 15) is 4.79 Å². The summed E-state index contributed by atoms with van der Waals surface area (Å²) in [5.74, 6) is 0.372. The van der Waals surface area contributed by atoms with E-state index in [-0.39, 0.29) is 11.3 Å². The summed E-state index contributed by atoms with van der Waals surface area (Å²) in [7, 11) is 0. The van der Waals surface area contributed by atoms with Gasteiger partial charge >= 0.3 is 0 Å². The zero-order valence-corrected chi connectivity index (χ0v) is 12.7. The van der Waals surface area contributed by atoms with Gasteiger partial charge in [0.2, 0.25) is 5.91 Å². The summed E-state index contributed by atoms with van der Waals surface area (Å²) in [6, 6.07) is 0. The highest BCUT2D eigenvalue weighted by atomic mass is 32.1. The van der Waals surface area contributed by atoms with Crippen molar-refractivity contribution in [3.05, 3.63) is 0 Å². The Morgan fingerprint density at radius 1 is 1.29 bits per heavy atom. The molecular formula is C13H26N2OS. The number of carbonyl (C=O) groups excluding carboxylic acids is 1. The monoisotopic (exact) mass is 258 g/mol. The molecule has 0 aromatic heterocycles. The normalized spacial score (nSPS) is 14.2.